The maximum Gasteiger partial charge on any atom is 0.326 e. The van der Waals surface area contributed by atoms with Crippen LogP contribution in [-0.4, -0.2) is 74.8 Å². The van der Waals surface area contributed by atoms with Crippen LogP contribution in [0.4, 0.5) is 0 Å². The number of carbonyl (C=O) groups is 5. The average Bonchev–Trinajstić information content (AvgIpc) is 2.88. The van der Waals surface area contributed by atoms with Crippen LogP contribution >= 0.6 is 12.6 Å². The highest BCUT2D eigenvalue weighted by atomic mass is 32.1. The normalized spacial score (nSPS) is 13.8. The number of carboxylic acids is 1. The number of benzene rings is 2. The van der Waals surface area contributed by atoms with Crippen molar-refractivity contribution in [3.63, 3.8) is 0 Å². The number of amides is 4. The molecule has 0 bridgehead atoms. The SMILES string of the molecule is NC(=O)CC(NC(=O)C(N)CS)C(=O)NC(Cc1ccc(O)cc1)C(=O)NC(Cc1ccc(O)cc1)C(=O)O. The first kappa shape index (κ1) is 30.9. The highest BCUT2D eigenvalue weighted by molar-refractivity contribution is 7.80. The van der Waals surface area contributed by atoms with Crippen molar-refractivity contribution in [2.75, 3.05) is 5.75 Å². The van der Waals surface area contributed by atoms with Gasteiger partial charge >= 0.3 is 5.97 Å². The lowest BCUT2D eigenvalue weighted by atomic mass is 10.0. The quantitative estimate of drug-likeness (QED) is 0.123. The summed E-state index contributed by atoms with van der Waals surface area (Å²) in [6, 6.07) is 6.19. The van der Waals surface area contributed by atoms with Crippen molar-refractivity contribution < 1.29 is 39.3 Å². The second-order valence-electron chi connectivity index (χ2n) is 8.72. The highest BCUT2D eigenvalue weighted by Crippen LogP contribution is 2.14. The third-order valence-corrected chi connectivity index (χ3v) is 5.97. The van der Waals surface area contributed by atoms with Gasteiger partial charge in [0.1, 0.15) is 29.6 Å². The van der Waals surface area contributed by atoms with Crippen molar-refractivity contribution in [1.82, 2.24) is 16.0 Å². The summed E-state index contributed by atoms with van der Waals surface area (Å²) in [5, 5.41) is 35.8. The first-order valence-corrected chi connectivity index (χ1v) is 12.4. The van der Waals surface area contributed by atoms with E-state index < -0.39 is 60.2 Å². The van der Waals surface area contributed by atoms with Crippen LogP contribution in [0.15, 0.2) is 48.5 Å². The Kier molecular flexibility index (Phi) is 11.6. The smallest absolute Gasteiger partial charge is 0.326 e. The lowest BCUT2D eigenvalue weighted by molar-refractivity contribution is -0.142. The van der Waals surface area contributed by atoms with Crippen molar-refractivity contribution in [3.8, 4) is 11.5 Å². The second kappa shape index (κ2) is 14.6. The minimum absolute atomic E-state index is 0.0146. The molecule has 14 heteroatoms. The fourth-order valence-electron chi connectivity index (χ4n) is 3.46. The first-order chi connectivity index (χ1) is 18.4. The van der Waals surface area contributed by atoms with Crippen molar-refractivity contribution in [2.24, 2.45) is 11.5 Å². The van der Waals surface area contributed by atoms with Crippen LogP contribution in [0.2, 0.25) is 0 Å². The molecular weight excluding hydrogens is 530 g/mol. The molecule has 0 aliphatic rings. The van der Waals surface area contributed by atoms with E-state index in [-0.39, 0.29) is 30.1 Å². The molecule has 4 atom stereocenters. The predicted molar refractivity (Wildman–Crippen MR) is 143 cm³/mol. The number of rotatable bonds is 14. The Morgan fingerprint density at radius 1 is 0.718 bits per heavy atom. The third kappa shape index (κ3) is 10.2. The number of hydrogen-bond donors (Lipinski definition) is 9. The summed E-state index contributed by atoms with van der Waals surface area (Å²) in [6.45, 7) is 0. The minimum Gasteiger partial charge on any atom is -0.508 e. The standard InChI is InChI=1S/C25H31N5O8S/c26-17(12-39)22(34)28-19(11-21(27)33)24(36)29-18(9-13-1-5-15(31)6-2-13)23(35)30-20(25(37)38)10-14-3-7-16(32)8-4-14/h1-8,17-20,31-32,39H,9-12,26H2,(H2,27,33)(H,28,34)(H,29,36)(H,30,35)(H,37,38). The van der Waals surface area contributed by atoms with Gasteiger partial charge in [-0.2, -0.15) is 12.6 Å². The lowest BCUT2D eigenvalue weighted by Crippen LogP contribution is -2.58. The van der Waals surface area contributed by atoms with E-state index in [0.717, 1.165) is 0 Å². The molecule has 210 valence electrons. The molecule has 0 fully saturated rings. The summed E-state index contributed by atoms with van der Waals surface area (Å²) in [5.41, 5.74) is 11.9. The van der Waals surface area contributed by atoms with Crippen LogP contribution in [0.3, 0.4) is 0 Å². The van der Waals surface area contributed by atoms with Gasteiger partial charge in [-0.1, -0.05) is 24.3 Å². The molecule has 0 saturated carbocycles. The Morgan fingerprint density at radius 2 is 1.13 bits per heavy atom. The molecule has 0 heterocycles. The molecule has 2 aromatic carbocycles. The average molecular weight is 562 g/mol. The summed E-state index contributed by atoms with van der Waals surface area (Å²) in [7, 11) is 0. The molecule has 2 aromatic rings. The number of aliphatic carboxylic acids is 1. The zero-order chi connectivity index (χ0) is 29.1. The first-order valence-electron chi connectivity index (χ1n) is 11.7. The van der Waals surface area contributed by atoms with Crippen LogP contribution in [0.5, 0.6) is 11.5 Å². The molecule has 0 radical (unpaired) electrons. The topological polar surface area (TPSA) is 234 Å². The van der Waals surface area contributed by atoms with E-state index in [0.29, 0.717) is 11.1 Å². The summed E-state index contributed by atoms with van der Waals surface area (Å²) < 4.78 is 0. The number of phenols is 2. The summed E-state index contributed by atoms with van der Waals surface area (Å²) >= 11 is 3.92. The summed E-state index contributed by atoms with van der Waals surface area (Å²) in [4.78, 5) is 62.0. The van der Waals surface area contributed by atoms with Gasteiger partial charge in [-0.3, -0.25) is 19.2 Å². The molecule has 4 unspecified atom stereocenters. The number of nitrogens with two attached hydrogens (primary N) is 2. The van der Waals surface area contributed by atoms with E-state index in [1.54, 1.807) is 0 Å². The number of thiol groups is 1. The van der Waals surface area contributed by atoms with Crippen molar-refractivity contribution in [3.05, 3.63) is 59.7 Å². The minimum atomic E-state index is -1.47. The van der Waals surface area contributed by atoms with E-state index in [2.05, 4.69) is 28.6 Å². The molecule has 0 aromatic heterocycles. The van der Waals surface area contributed by atoms with E-state index >= 15 is 0 Å². The Balaban J connectivity index is 2.28. The Morgan fingerprint density at radius 3 is 1.56 bits per heavy atom. The number of carboxylic acid groups (broad SMARTS) is 1. The molecule has 0 aliphatic heterocycles. The van der Waals surface area contributed by atoms with Crippen LogP contribution in [0, 0.1) is 0 Å². The van der Waals surface area contributed by atoms with Crippen molar-refractivity contribution in [1.29, 1.82) is 0 Å². The van der Waals surface area contributed by atoms with Gasteiger partial charge in [-0.05, 0) is 35.4 Å². The number of nitrogens with one attached hydrogen (secondary N) is 3. The Labute approximate surface area is 229 Å². The number of primary amides is 1. The molecule has 0 saturated heterocycles. The molecule has 13 nitrogen and oxygen atoms in total. The van der Waals surface area contributed by atoms with Crippen molar-refractivity contribution in [2.45, 2.75) is 43.4 Å². The largest absolute Gasteiger partial charge is 0.508 e. The zero-order valence-electron chi connectivity index (χ0n) is 20.7. The van der Waals surface area contributed by atoms with Gasteiger partial charge in [0.2, 0.25) is 23.6 Å². The van der Waals surface area contributed by atoms with E-state index in [4.69, 9.17) is 11.5 Å². The fraction of sp³-hybridized carbons (Fsp3) is 0.320. The second-order valence-corrected chi connectivity index (χ2v) is 9.09. The molecule has 4 amide bonds. The van der Waals surface area contributed by atoms with Gasteiger partial charge in [0.15, 0.2) is 0 Å². The third-order valence-electron chi connectivity index (χ3n) is 5.57. The van der Waals surface area contributed by atoms with Crippen LogP contribution in [0.25, 0.3) is 0 Å². The van der Waals surface area contributed by atoms with Gasteiger partial charge in [-0.25, -0.2) is 4.79 Å². The van der Waals surface area contributed by atoms with Crippen molar-refractivity contribution >= 4 is 42.2 Å². The van der Waals surface area contributed by atoms with Gasteiger partial charge in [0, 0.05) is 18.6 Å². The monoisotopic (exact) mass is 561 g/mol. The van der Waals surface area contributed by atoms with Gasteiger partial charge in [0.05, 0.1) is 12.5 Å². The Bertz CT molecular complexity index is 1180. The lowest BCUT2D eigenvalue weighted by Gasteiger charge is -2.25. The van der Waals surface area contributed by atoms with Crippen LogP contribution in [-0.2, 0) is 36.8 Å². The zero-order valence-corrected chi connectivity index (χ0v) is 21.6. The van der Waals surface area contributed by atoms with E-state index in [1.807, 2.05) is 0 Å². The molecule has 2 rings (SSSR count). The number of aromatic hydroxyl groups is 2. The maximum absolute atomic E-state index is 13.2. The summed E-state index contributed by atoms with van der Waals surface area (Å²) in [5.74, 6) is -4.91. The van der Waals surface area contributed by atoms with Gasteiger partial charge in [0.25, 0.3) is 0 Å². The van der Waals surface area contributed by atoms with Gasteiger partial charge < -0.3 is 42.7 Å². The van der Waals surface area contributed by atoms with Crippen LogP contribution in [0.1, 0.15) is 17.5 Å². The van der Waals surface area contributed by atoms with Gasteiger partial charge in [-0.15, -0.1) is 0 Å². The maximum atomic E-state index is 13.2. The Hall–Kier alpha value is -4.30. The number of carbonyl (C=O) groups excluding carboxylic acids is 4. The fourth-order valence-corrected chi connectivity index (χ4v) is 3.63. The van der Waals surface area contributed by atoms with E-state index in [1.165, 1.54) is 48.5 Å². The highest BCUT2D eigenvalue weighted by Gasteiger charge is 2.31. The summed E-state index contributed by atoms with van der Waals surface area (Å²) in [6.07, 6.45) is -0.844. The van der Waals surface area contributed by atoms with E-state index in [9.17, 15) is 39.3 Å². The molecule has 0 spiro atoms. The number of phenolic OH excluding ortho intramolecular Hbond substituents is 2. The van der Waals surface area contributed by atoms with Crippen LogP contribution < -0.4 is 27.4 Å². The molecular formula is C25H31N5O8S. The molecule has 39 heavy (non-hydrogen) atoms. The predicted octanol–water partition coefficient (Wildman–Crippen LogP) is -1.45. The number of hydrogen-bond acceptors (Lipinski definition) is 9. The molecule has 0 aliphatic carbocycles. The molecule has 10 N–H and O–H groups in total.